The van der Waals surface area contributed by atoms with E-state index in [1.54, 1.807) is 6.92 Å². The molecular weight excluding hydrogens is 224 g/mol. The number of aromatic nitrogens is 1. The van der Waals surface area contributed by atoms with E-state index >= 15 is 0 Å². The zero-order valence-electron chi connectivity index (χ0n) is 11.6. The fourth-order valence-electron chi connectivity index (χ4n) is 3.06. The first kappa shape index (κ1) is 13.3. The quantitative estimate of drug-likeness (QED) is 0.892. The highest BCUT2D eigenvalue weighted by Gasteiger charge is 2.27. The number of hydrogen-bond donors (Lipinski definition) is 1. The van der Waals surface area contributed by atoms with Crippen LogP contribution in [0, 0.1) is 5.92 Å². The van der Waals surface area contributed by atoms with Crippen LogP contribution in [-0.4, -0.2) is 23.2 Å². The standard InChI is InChI=1S/C15H24N2O/c1-11-7-4-5-9-14(11)17(3)15-13(12(2)18)8-6-10-16-15/h6,8,10-12,14,18H,4-5,7,9H2,1-3H3/t11?,12-,14?/m0/s1. The molecule has 1 heterocycles. The lowest BCUT2D eigenvalue weighted by molar-refractivity contribution is 0.198. The average Bonchev–Trinajstić information content (AvgIpc) is 2.38. The summed E-state index contributed by atoms with van der Waals surface area (Å²) in [6, 6.07) is 4.41. The van der Waals surface area contributed by atoms with Crippen molar-refractivity contribution in [3.05, 3.63) is 23.9 Å². The summed E-state index contributed by atoms with van der Waals surface area (Å²) in [5.41, 5.74) is 0.928. The molecule has 1 aliphatic carbocycles. The van der Waals surface area contributed by atoms with Gasteiger partial charge in [-0.15, -0.1) is 0 Å². The Hall–Kier alpha value is -1.09. The van der Waals surface area contributed by atoms with E-state index in [0.29, 0.717) is 12.0 Å². The Kier molecular flexibility index (Phi) is 4.23. The van der Waals surface area contributed by atoms with Crippen LogP contribution in [-0.2, 0) is 0 Å². The SMILES string of the molecule is CC1CCCCC1N(C)c1ncccc1[C@H](C)O. The van der Waals surface area contributed by atoms with Gasteiger partial charge in [0.05, 0.1) is 6.10 Å². The summed E-state index contributed by atoms with van der Waals surface area (Å²) in [6.07, 6.45) is 6.52. The number of aliphatic hydroxyl groups is 1. The van der Waals surface area contributed by atoms with Gasteiger partial charge in [0.15, 0.2) is 0 Å². The lowest BCUT2D eigenvalue weighted by Gasteiger charge is -2.38. The van der Waals surface area contributed by atoms with Gasteiger partial charge in [-0.2, -0.15) is 0 Å². The van der Waals surface area contributed by atoms with E-state index in [9.17, 15) is 5.11 Å². The van der Waals surface area contributed by atoms with Crippen LogP contribution in [0.25, 0.3) is 0 Å². The molecule has 0 aliphatic heterocycles. The summed E-state index contributed by atoms with van der Waals surface area (Å²) >= 11 is 0. The Morgan fingerprint density at radius 1 is 1.39 bits per heavy atom. The maximum absolute atomic E-state index is 9.85. The van der Waals surface area contributed by atoms with E-state index in [1.807, 2.05) is 18.3 Å². The zero-order valence-corrected chi connectivity index (χ0v) is 11.6. The summed E-state index contributed by atoms with van der Waals surface area (Å²) in [7, 11) is 2.11. The molecule has 3 heteroatoms. The monoisotopic (exact) mass is 248 g/mol. The number of anilines is 1. The summed E-state index contributed by atoms with van der Waals surface area (Å²) in [5.74, 6) is 1.64. The fourth-order valence-corrected chi connectivity index (χ4v) is 3.06. The number of aliphatic hydroxyl groups excluding tert-OH is 1. The van der Waals surface area contributed by atoms with Crippen LogP contribution < -0.4 is 4.90 Å². The minimum absolute atomic E-state index is 0.463. The second-order valence-corrected chi connectivity index (χ2v) is 5.53. The van der Waals surface area contributed by atoms with Crippen molar-refractivity contribution in [2.45, 2.75) is 51.7 Å². The van der Waals surface area contributed by atoms with Crippen molar-refractivity contribution in [1.29, 1.82) is 0 Å². The van der Waals surface area contributed by atoms with Gasteiger partial charge < -0.3 is 10.0 Å². The Morgan fingerprint density at radius 3 is 2.78 bits per heavy atom. The first-order chi connectivity index (χ1) is 8.61. The largest absolute Gasteiger partial charge is 0.389 e. The number of rotatable bonds is 3. The third-order valence-corrected chi connectivity index (χ3v) is 4.16. The molecule has 0 aromatic carbocycles. The van der Waals surface area contributed by atoms with Crippen molar-refractivity contribution in [2.75, 3.05) is 11.9 Å². The predicted octanol–water partition coefficient (Wildman–Crippen LogP) is 3.15. The minimum Gasteiger partial charge on any atom is -0.389 e. The fraction of sp³-hybridized carbons (Fsp3) is 0.667. The molecule has 18 heavy (non-hydrogen) atoms. The second kappa shape index (κ2) is 5.70. The van der Waals surface area contributed by atoms with Crippen molar-refractivity contribution in [1.82, 2.24) is 4.98 Å². The van der Waals surface area contributed by atoms with Gasteiger partial charge in [-0.1, -0.05) is 25.8 Å². The van der Waals surface area contributed by atoms with Crippen LogP contribution in [0.5, 0.6) is 0 Å². The molecular formula is C15H24N2O. The van der Waals surface area contributed by atoms with Gasteiger partial charge in [-0.25, -0.2) is 4.98 Å². The van der Waals surface area contributed by atoms with Crippen molar-refractivity contribution < 1.29 is 5.11 Å². The molecule has 3 atom stereocenters. The van der Waals surface area contributed by atoms with E-state index < -0.39 is 6.10 Å². The van der Waals surface area contributed by atoms with Gasteiger partial charge in [-0.3, -0.25) is 0 Å². The highest BCUT2D eigenvalue weighted by atomic mass is 16.3. The van der Waals surface area contributed by atoms with Crippen molar-refractivity contribution in [3.63, 3.8) is 0 Å². The highest BCUT2D eigenvalue weighted by Crippen LogP contribution is 2.32. The van der Waals surface area contributed by atoms with Gasteiger partial charge >= 0.3 is 0 Å². The molecule has 2 unspecified atom stereocenters. The maximum Gasteiger partial charge on any atom is 0.134 e. The maximum atomic E-state index is 9.85. The normalized spacial score (nSPS) is 25.8. The van der Waals surface area contributed by atoms with Crippen LogP contribution in [0.1, 0.15) is 51.2 Å². The van der Waals surface area contributed by atoms with Crippen LogP contribution in [0.2, 0.25) is 0 Å². The predicted molar refractivity (Wildman–Crippen MR) is 74.7 cm³/mol. The second-order valence-electron chi connectivity index (χ2n) is 5.53. The molecule has 1 aromatic rings. The van der Waals surface area contributed by atoms with Crippen LogP contribution in [0.3, 0.4) is 0 Å². The van der Waals surface area contributed by atoms with Crippen molar-refractivity contribution in [3.8, 4) is 0 Å². The van der Waals surface area contributed by atoms with Gasteiger partial charge in [0.1, 0.15) is 5.82 Å². The zero-order chi connectivity index (χ0) is 13.1. The van der Waals surface area contributed by atoms with Crippen molar-refractivity contribution >= 4 is 5.82 Å². The molecule has 1 aromatic heterocycles. The number of pyridine rings is 1. The van der Waals surface area contributed by atoms with Crippen LogP contribution in [0.15, 0.2) is 18.3 Å². The van der Waals surface area contributed by atoms with E-state index in [4.69, 9.17) is 0 Å². The highest BCUT2D eigenvalue weighted by molar-refractivity contribution is 5.48. The summed E-state index contributed by atoms with van der Waals surface area (Å²) < 4.78 is 0. The van der Waals surface area contributed by atoms with Gasteiger partial charge in [-0.05, 0) is 31.7 Å². The first-order valence-electron chi connectivity index (χ1n) is 6.97. The first-order valence-corrected chi connectivity index (χ1v) is 6.97. The molecule has 0 bridgehead atoms. The van der Waals surface area contributed by atoms with Crippen LogP contribution >= 0.6 is 0 Å². The van der Waals surface area contributed by atoms with Gasteiger partial charge in [0.2, 0.25) is 0 Å². The molecule has 0 radical (unpaired) electrons. The van der Waals surface area contributed by atoms with E-state index in [2.05, 4.69) is 23.9 Å². The Morgan fingerprint density at radius 2 is 2.11 bits per heavy atom. The Balaban J connectivity index is 2.24. The summed E-state index contributed by atoms with van der Waals surface area (Å²) in [6.45, 7) is 4.13. The lowest BCUT2D eigenvalue weighted by Crippen LogP contribution is -2.40. The Labute approximate surface area is 110 Å². The molecule has 1 N–H and O–H groups in total. The third-order valence-electron chi connectivity index (χ3n) is 4.16. The number of nitrogens with zero attached hydrogens (tertiary/aromatic N) is 2. The smallest absolute Gasteiger partial charge is 0.134 e. The average molecular weight is 248 g/mol. The van der Waals surface area contributed by atoms with E-state index in [-0.39, 0.29) is 0 Å². The van der Waals surface area contributed by atoms with E-state index in [1.165, 1.54) is 25.7 Å². The molecule has 0 saturated heterocycles. The minimum atomic E-state index is -0.463. The van der Waals surface area contributed by atoms with Gasteiger partial charge in [0.25, 0.3) is 0 Å². The third kappa shape index (κ3) is 2.66. The molecule has 100 valence electrons. The van der Waals surface area contributed by atoms with Gasteiger partial charge in [0, 0.05) is 24.8 Å². The van der Waals surface area contributed by atoms with Crippen molar-refractivity contribution in [2.24, 2.45) is 5.92 Å². The summed E-state index contributed by atoms with van der Waals surface area (Å²) in [5, 5.41) is 9.85. The molecule has 1 saturated carbocycles. The topological polar surface area (TPSA) is 36.4 Å². The molecule has 0 spiro atoms. The molecule has 0 amide bonds. The lowest BCUT2D eigenvalue weighted by atomic mass is 9.85. The molecule has 3 nitrogen and oxygen atoms in total. The summed E-state index contributed by atoms with van der Waals surface area (Å²) in [4.78, 5) is 6.75. The van der Waals surface area contributed by atoms with Crippen LogP contribution in [0.4, 0.5) is 5.82 Å². The molecule has 1 aliphatic rings. The molecule has 1 fully saturated rings. The Bertz CT molecular complexity index is 392. The number of hydrogen-bond acceptors (Lipinski definition) is 3. The molecule has 2 rings (SSSR count). The van der Waals surface area contributed by atoms with E-state index in [0.717, 1.165) is 11.4 Å².